The monoisotopic (exact) mass is 254 g/mol. The molecular weight excluding hydrogens is 232 g/mol. The minimum atomic E-state index is -0.731. The molecule has 0 spiro atoms. The van der Waals surface area contributed by atoms with Crippen molar-refractivity contribution in [3.05, 3.63) is 12.2 Å². The lowest BCUT2D eigenvalue weighted by Crippen LogP contribution is -2.29. The van der Waals surface area contributed by atoms with Gasteiger partial charge in [-0.25, -0.2) is 0 Å². The molecule has 4 nitrogen and oxygen atoms in total. The van der Waals surface area contributed by atoms with Crippen molar-refractivity contribution in [2.75, 3.05) is 6.61 Å². The summed E-state index contributed by atoms with van der Waals surface area (Å²) in [7, 11) is 0. The second kappa shape index (κ2) is 6.34. The molecule has 0 aromatic carbocycles. The molecule has 2 bridgehead atoms. The Bertz CT molecular complexity index is 313. The number of aliphatic hydroxyl groups excluding tert-OH is 1. The van der Waals surface area contributed by atoms with Gasteiger partial charge in [0.25, 0.3) is 0 Å². The maximum atomic E-state index is 10.3. The van der Waals surface area contributed by atoms with E-state index in [0.717, 1.165) is 25.7 Å². The number of rotatable bonds is 7. The van der Waals surface area contributed by atoms with Crippen LogP contribution in [0.3, 0.4) is 0 Å². The molecule has 4 atom stereocenters. The number of ether oxygens (including phenoxy) is 1. The van der Waals surface area contributed by atoms with Crippen molar-refractivity contribution in [2.24, 2.45) is 11.8 Å². The van der Waals surface area contributed by atoms with Crippen LogP contribution in [-0.4, -0.2) is 35.0 Å². The van der Waals surface area contributed by atoms with Gasteiger partial charge in [0.15, 0.2) is 0 Å². The van der Waals surface area contributed by atoms with Crippen LogP contribution in [0, 0.1) is 11.8 Å². The number of fused-ring (bicyclic) bond motifs is 2. The highest BCUT2D eigenvalue weighted by atomic mass is 16.5. The first-order valence-electron chi connectivity index (χ1n) is 6.85. The van der Waals surface area contributed by atoms with Crippen LogP contribution in [0.15, 0.2) is 12.2 Å². The lowest BCUT2D eigenvalue weighted by molar-refractivity contribution is -0.137. The van der Waals surface area contributed by atoms with E-state index in [1.54, 1.807) is 0 Å². The molecule has 102 valence electrons. The Balaban J connectivity index is 1.69. The predicted molar refractivity (Wildman–Crippen MR) is 67.2 cm³/mol. The van der Waals surface area contributed by atoms with Gasteiger partial charge in [0.05, 0.1) is 12.2 Å². The third-order valence-corrected chi connectivity index (χ3v) is 4.14. The molecule has 0 radical (unpaired) electrons. The zero-order chi connectivity index (χ0) is 13.0. The number of hydrogen-bond donors (Lipinski definition) is 2. The Morgan fingerprint density at radius 1 is 1.22 bits per heavy atom. The number of carboxylic acids is 1. The van der Waals surface area contributed by atoms with Gasteiger partial charge in [0, 0.05) is 18.9 Å². The fraction of sp³-hybridized carbons (Fsp3) is 0.786. The summed E-state index contributed by atoms with van der Waals surface area (Å²) in [6, 6.07) is 0. The number of carboxylic acid groups (broad SMARTS) is 1. The van der Waals surface area contributed by atoms with Gasteiger partial charge in [-0.3, -0.25) is 4.79 Å². The molecule has 0 unspecified atom stereocenters. The first-order valence-corrected chi connectivity index (χ1v) is 6.85. The highest BCUT2D eigenvalue weighted by molar-refractivity contribution is 5.66. The zero-order valence-corrected chi connectivity index (χ0v) is 10.6. The molecule has 18 heavy (non-hydrogen) atoms. The molecule has 0 aliphatic carbocycles. The first-order chi connectivity index (χ1) is 8.72. The zero-order valence-electron chi connectivity index (χ0n) is 10.6. The van der Waals surface area contributed by atoms with Crippen molar-refractivity contribution < 1.29 is 19.7 Å². The van der Waals surface area contributed by atoms with Crippen LogP contribution in [0.1, 0.15) is 38.5 Å². The number of hydrogen-bond acceptors (Lipinski definition) is 3. The summed E-state index contributed by atoms with van der Waals surface area (Å²) in [5, 5.41) is 17.9. The molecule has 0 saturated carbocycles. The maximum absolute atomic E-state index is 10.3. The van der Waals surface area contributed by atoms with Gasteiger partial charge in [0.1, 0.15) is 0 Å². The van der Waals surface area contributed by atoms with Crippen molar-refractivity contribution in [2.45, 2.75) is 50.7 Å². The molecule has 2 rings (SSSR count). The smallest absolute Gasteiger partial charge is 0.303 e. The average Bonchev–Trinajstić information content (AvgIpc) is 2.93. The molecule has 0 amide bonds. The number of aliphatic carboxylic acids is 1. The molecule has 2 aliphatic heterocycles. The van der Waals surface area contributed by atoms with Crippen molar-refractivity contribution in [1.82, 2.24) is 0 Å². The van der Waals surface area contributed by atoms with Gasteiger partial charge in [-0.05, 0) is 38.0 Å². The van der Waals surface area contributed by atoms with Gasteiger partial charge < -0.3 is 14.9 Å². The summed E-state index contributed by atoms with van der Waals surface area (Å²) in [4.78, 5) is 10.3. The van der Waals surface area contributed by atoms with Crippen LogP contribution >= 0.6 is 0 Å². The first kappa shape index (κ1) is 13.6. The van der Waals surface area contributed by atoms with Crippen molar-refractivity contribution in [3.63, 3.8) is 0 Å². The van der Waals surface area contributed by atoms with E-state index in [0.29, 0.717) is 24.4 Å². The van der Waals surface area contributed by atoms with Crippen LogP contribution in [0.25, 0.3) is 0 Å². The van der Waals surface area contributed by atoms with E-state index in [9.17, 15) is 9.90 Å². The van der Waals surface area contributed by atoms with E-state index in [-0.39, 0.29) is 19.1 Å². The van der Waals surface area contributed by atoms with Crippen molar-refractivity contribution in [1.29, 1.82) is 0 Å². The molecule has 0 aromatic heterocycles. The van der Waals surface area contributed by atoms with E-state index in [2.05, 4.69) is 12.2 Å². The van der Waals surface area contributed by atoms with Gasteiger partial charge in [-0.15, -0.1) is 0 Å². The summed E-state index contributed by atoms with van der Waals surface area (Å²) in [5.74, 6) is 0.0159. The molecule has 2 heterocycles. The predicted octanol–water partition coefficient (Wildman–Crippen LogP) is 1.97. The normalized spacial score (nSPS) is 34.5. The van der Waals surface area contributed by atoms with Gasteiger partial charge in [-0.1, -0.05) is 12.2 Å². The third kappa shape index (κ3) is 3.12. The Morgan fingerprint density at radius 2 is 1.94 bits per heavy atom. The van der Waals surface area contributed by atoms with Gasteiger partial charge >= 0.3 is 5.97 Å². The summed E-state index contributed by atoms with van der Waals surface area (Å²) in [5.41, 5.74) is 0. The summed E-state index contributed by atoms with van der Waals surface area (Å²) < 4.78 is 5.83. The molecular formula is C14H22O4. The van der Waals surface area contributed by atoms with Crippen LogP contribution in [0.2, 0.25) is 0 Å². The largest absolute Gasteiger partial charge is 0.481 e. The fourth-order valence-corrected chi connectivity index (χ4v) is 3.19. The SMILES string of the molecule is O=C(O)CCCC=CC[C@@H]1[C@@H](CO)[C@@H]2CC[C@H]1O2. The molecule has 2 fully saturated rings. The van der Waals surface area contributed by atoms with Crippen LogP contribution in [0.5, 0.6) is 0 Å². The topological polar surface area (TPSA) is 66.8 Å². The van der Waals surface area contributed by atoms with Crippen LogP contribution in [0.4, 0.5) is 0 Å². The average molecular weight is 254 g/mol. The van der Waals surface area contributed by atoms with E-state index < -0.39 is 5.97 Å². The lowest BCUT2D eigenvalue weighted by Gasteiger charge is -2.25. The molecule has 2 aliphatic rings. The molecule has 2 saturated heterocycles. The van der Waals surface area contributed by atoms with Crippen molar-refractivity contribution in [3.8, 4) is 0 Å². The van der Waals surface area contributed by atoms with E-state index in [1.807, 2.05) is 0 Å². The Hall–Kier alpha value is -0.870. The van der Waals surface area contributed by atoms with Gasteiger partial charge in [-0.2, -0.15) is 0 Å². The Morgan fingerprint density at radius 3 is 2.61 bits per heavy atom. The number of aliphatic hydroxyl groups is 1. The maximum Gasteiger partial charge on any atom is 0.303 e. The second-order valence-corrected chi connectivity index (χ2v) is 5.29. The summed E-state index contributed by atoms with van der Waals surface area (Å²) in [6.45, 7) is 0.221. The van der Waals surface area contributed by atoms with E-state index in [1.165, 1.54) is 0 Å². The highest BCUT2D eigenvalue weighted by Crippen LogP contribution is 2.44. The quantitative estimate of drug-likeness (QED) is 0.538. The van der Waals surface area contributed by atoms with E-state index in [4.69, 9.17) is 9.84 Å². The van der Waals surface area contributed by atoms with Crippen LogP contribution < -0.4 is 0 Å². The van der Waals surface area contributed by atoms with Crippen LogP contribution in [-0.2, 0) is 9.53 Å². The second-order valence-electron chi connectivity index (χ2n) is 5.29. The molecule has 0 aromatic rings. The molecule has 2 N–H and O–H groups in total. The number of allylic oxidation sites excluding steroid dienone is 2. The minimum absolute atomic E-state index is 0.221. The Labute approximate surface area is 108 Å². The minimum Gasteiger partial charge on any atom is -0.481 e. The lowest BCUT2D eigenvalue weighted by atomic mass is 9.78. The number of unbranched alkanes of at least 4 members (excludes halogenated alkanes) is 1. The number of carbonyl (C=O) groups is 1. The van der Waals surface area contributed by atoms with Gasteiger partial charge in [0.2, 0.25) is 0 Å². The summed E-state index contributed by atoms with van der Waals surface area (Å²) in [6.07, 6.45) is 9.69. The van der Waals surface area contributed by atoms with Crippen molar-refractivity contribution >= 4 is 5.97 Å². The fourth-order valence-electron chi connectivity index (χ4n) is 3.19. The molecule has 4 heteroatoms. The highest BCUT2D eigenvalue weighted by Gasteiger charge is 2.47. The Kier molecular flexibility index (Phi) is 4.78. The third-order valence-electron chi connectivity index (χ3n) is 4.14. The summed E-state index contributed by atoms with van der Waals surface area (Å²) >= 11 is 0. The standard InChI is InChI=1S/C14H22O4/c15-9-11-10(12-7-8-13(11)18-12)5-3-1-2-4-6-14(16)17/h1,3,10-13,15H,2,4-9H2,(H,16,17)/t10-,11-,12-,13+/m1/s1. The van der Waals surface area contributed by atoms with E-state index >= 15 is 0 Å².